The number of hydrogen-bond acceptors (Lipinski definition) is 2. The molecule has 0 saturated heterocycles. The number of nitrogens with zero attached hydrogens (tertiary/aromatic N) is 1. The summed E-state index contributed by atoms with van der Waals surface area (Å²) in [5, 5.41) is 3.82. The van der Waals surface area contributed by atoms with E-state index in [2.05, 4.69) is 64.4 Å². The third-order valence-corrected chi connectivity index (χ3v) is 3.56. The van der Waals surface area contributed by atoms with Crippen molar-refractivity contribution in [2.24, 2.45) is 0 Å². The van der Waals surface area contributed by atoms with Crippen molar-refractivity contribution in [2.75, 3.05) is 0 Å². The molecule has 62 valence electrons. The lowest BCUT2D eigenvalue weighted by atomic mass is 9.94. The van der Waals surface area contributed by atoms with Crippen LogP contribution in [0.25, 0.3) is 0 Å². The van der Waals surface area contributed by atoms with E-state index >= 15 is 0 Å². The Morgan fingerprint density at radius 3 is 2.18 bits per heavy atom. The summed E-state index contributed by atoms with van der Waals surface area (Å²) >= 11 is 5.52. The molecule has 0 aliphatic rings. The van der Waals surface area contributed by atoms with Gasteiger partial charge in [0, 0.05) is 5.41 Å². The van der Waals surface area contributed by atoms with Crippen LogP contribution >= 0.6 is 38.5 Å². The largest absolute Gasteiger partial charge is 0.359 e. The molecule has 1 aromatic rings. The molecule has 0 bridgehead atoms. The van der Waals surface area contributed by atoms with Gasteiger partial charge in [0.05, 0.1) is 3.57 Å². The molecule has 0 N–H and O–H groups in total. The van der Waals surface area contributed by atoms with Crippen molar-refractivity contribution in [3.63, 3.8) is 0 Å². The van der Waals surface area contributed by atoms with Crippen LogP contribution in [0.4, 0.5) is 0 Å². The minimum atomic E-state index is 0.0372. The fraction of sp³-hybridized carbons (Fsp3) is 0.571. The lowest BCUT2D eigenvalue weighted by Crippen LogP contribution is -2.11. The molecule has 0 saturated carbocycles. The molecule has 0 atom stereocenters. The van der Waals surface area contributed by atoms with Crippen LogP contribution in [0.3, 0.4) is 0 Å². The van der Waals surface area contributed by atoms with Crippen LogP contribution in [0.5, 0.6) is 0 Å². The molecule has 0 aromatic carbocycles. The Hall–Kier alpha value is 0.420. The summed E-state index contributed by atoms with van der Waals surface area (Å²) in [5.74, 6) is 0.935. The zero-order valence-electron chi connectivity index (χ0n) is 6.61. The van der Waals surface area contributed by atoms with Gasteiger partial charge in [-0.2, -0.15) is 0 Å². The van der Waals surface area contributed by atoms with Gasteiger partial charge in [-0.25, -0.2) is 0 Å². The highest BCUT2D eigenvalue weighted by Crippen LogP contribution is 2.31. The molecule has 0 spiro atoms. The summed E-state index contributed by atoms with van der Waals surface area (Å²) in [6.07, 6.45) is 0. The molecule has 2 nitrogen and oxygen atoms in total. The highest BCUT2D eigenvalue weighted by Gasteiger charge is 2.24. The lowest BCUT2D eigenvalue weighted by Gasteiger charge is -2.13. The smallest absolute Gasteiger partial charge is 0.162 e. The summed E-state index contributed by atoms with van der Waals surface area (Å²) in [6.45, 7) is 6.30. The predicted molar refractivity (Wildman–Crippen MR) is 55.6 cm³/mol. The van der Waals surface area contributed by atoms with Crippen molar-refractivity contribution < 1.29 is 4.52 Å². The molecule has 0 unspecified atom stereocenters. The maximum Gasteiger partial charge on any atom is 0.162 e. The van der Waals surface area contributed by atoms with Gasteiger partial charge in [-0.15, -0.1) is 0 Å². The van der Waals surface area contributed by atoms with Gasteiger partial charge in [-0.1, -0.05) is 25.9 Å². The summed E-state index contributed by atoms with van der Waals surface area (Å²) < 4.78 is 7.01. The SMILES string of the molecule is CC(C)(C)c1onc(Br)c1I. The van der Waals surface area contributed by atoms with Crippen LogP contribution in [0.2, 0.25) is 0 Å². The van der Waals surface area contributed by atoms with E-state index < -0.39 is 0 Å². The van der Waals surface area contributed by atoms with E-state index in [0.29, 0.717) is 0 Å². The van der Waals surface area contributed by atoms with E-state index in [9.17, 15) is 0 Å². The molecule has 0 aliphatic carbocycles. The van der Waals surface area contributed by atoms with Gasteiger partial charge >= 0.3 is 0 Å². The second-order valence-corrected chi connectivity index (χ2v) is 5.20. The van der Waals surface area contributed by atoms with Gasteiger partial charge < -0.3 is 4.52 Å². The molecule has 11 heavy (non-hydrogen) atoms. The van der Waals surface area contributed by atoms with Crippen molar-refractivity contribution >= 4 is 38.5 Å². The Bertz CT molecular complexity index is 264. The van der Waals surface area contributed by atoms with Crippen LogP contribution in [-0.4, -0.2) is 5.16 Å². The Labute approximate surface area is 88.0 Å². The second-order valence-electron chi connectivity index (χ2n) is 3.37. The quantitative estimate of drug-likeness (QED) is 0.682. The summed E-state index contributed by atoms with van der Waals surface area (Å²) in [4.78, 5) is 0. The minimum absolute atomic E-state index is 0.0372. The van der Waals surface area contributed by atoms with Gasteiger partial charge in [0.15, 0.2) is 10.4 Å². The molecule has 4 heteroatoms. The Balaban J connectivity index is 3.15. The first-order valence-electron chi connectivity index (χ1n) is 3.24. The lowest BCUT2D eigenvalue weighted by molar-refractivity contribution is 0.326. The third-order valence-electron chi connectivity index (χ3n) is 1.28. The summed E-state index contributed by atoms with van der Waals surface area (Å²) in [5.41, 5.74) is 0.0372. The Morgan fingerprint density at radius 1 is 1.45 bits per heavy atom. The van der Waals surface area contributed by atoms with Crippen LogP contribution in [-0.2, 0) is 5.41 Å². The average molecular weight is 330 g/mol. The normalized spacial score (nSPS) is 12.1. The van der Waals surface area contributed by atoms with E-state index in [1.54, 1.807) is 0 Å². The molecular formula is C7H9BrINO. The maximum atomic E-state index is 5.16. The van der Waals surface area contributed by atoms with Gasteiger partial charge in [-0.3, -0.25) is 0 Å². The standard InChI is InChI=1S/C7H9BrINO/c1-7(2,3)5-4(9)6(8)10-11-5/h1-3H3. The third kappa shape index (κ3) is 1.96. The van der Waals surface area contributed by atoms with Crippen LogP contribution in [0, 0.1) is 3.57 Å². The molecule has 0 radical (unpaired) electrons. The topological polar surface area (TPSA) is 26.0 Å². The maximum absolute atomic E-state index is 5.16. The molecular weight excluding hydrogens is 321 g/mol. The van der Waals surface area contributed by atoms with Gasteiger partial charge in [0.1, 0.15) is 0 Å². The first-order valence-corrected chi connectivity index (χ1v) is 5.11. The van der Waals surface area contributed by atoms with E-state index in [0.717, 1.165) is 13.9 Å². The van der Waals surface area contributed by atoms with Gasteiger partial charge in [0.2, 0.25) is 0 Å². The highest BCUT2D eigenvalue weighted by molar-refractivity contribution is 14.1. The predicted octanol–water partition coefficient (Wildman–Crippen LogP) is 3.34. The highest BCUT2D eigenvalue weighted by atomic mass is 127. The molecule has 1 heterocycles. The van der Waals surface area contributed by atoms with Gasteiger partial charge in [-0.05, 0) is 38.5 Å². The zero-order valence-corrected chi connectivity index (χ0v) is 10.4. The molecule has 0 amide bonds. The van der Waals surface area contributed by atoms with Crippen molar-refractivity contribution in [2.45, 2.75) is 26.2 Å². The number of aromatic nitrogens is 1. The first-order chi connectivity index (χ1) is 4.93. The van der Waals surface area contributed by atoms with Crippen LogP contribution < -0.4 is 0 Å². The van der Waals surface area contributed by atoms with E-state index in [4.69, 9.17) is 4.52 Å². The fourth-order valence-corrected chi connectivity index (χ4v) is 1.98. The van der Waals surface area contributed by atoms with E-state index in [1.165, 1.54) is 0 Å². The first kappa shape index (κ1) is 9.51. The fourth-order valence-electron chi connectivity index (χ4n) is 0.726. The minimum Gasteiger partial charge on any atom is -0.359 e. The molecule has 1 aromatic heterocycles. The van der Waals surface area contributed by atoms with Crippen LogP contribution in [0.1, 0.15) is 26.5 Å². The van der Waals surface area contributed by atoms with E-state index in [-0.39, 0.29) is 5.41 Å². The Morgan fingerprint density at radius 2 is 2.00 bits per heavy atom. The molecule has 0 aliphatic heterocycles. The molecule has 1 rings (SSSR count). The number of rotatable bonds is 0. The van der Waals surface area contributed by atoms with Crippen LogP contribution in [0.15, 0.2) is 9.13 Å². The summed E-state index contributed by atoms with van der Waals surface area (Å²) in [7, 11) is 0. The summed E-state index contributed by atoms with van der Waals surface area (Å²) in [6, 6.07) is 0. The Kier molecular flexibility index (Phi) is 2.63. The van der Waals surface area contributed by atoms with Crippen molar-refractivity contribution in [1.82, 2.24) is 5.16 Å². The van der Waals surface area contributed by atoms with Crippen molar-refractivity contribution in [1.29, 1.82) is 0 Å². The monoisotopic (exact) mass is 329 g/mol. The average Bonchev–Trinajstić information content (AvgIpc) is 2.11. The molecule has 0 fully saturated rings. The number of hydrogen-bond donors (Lipinski definition) is 0. The second kappa shape index (κ2) is 3.05. The van der Waals surface area contributed by atoms with E-state index in [1.807, 2.05) is 0 Å². The van der Waals surface area contributed by atoms with Gasteiger partial charge in [0.25, 0.3) is 0 Å². The number of halogens is 2. The van der Waals surface area contributed by atoms with Crippen molar-refractivity contribution in [3.8, 4) is 0 Å². The zero-order chi connectivity index (χ0) is 8.65. The van der Waals surface area contributed by atoms with Crippen molar-refractivity contribution in [3.05, 3.63) is 13.9 Å².